The Hall–Kier alpha value is -3.35. The summed E-state index contributed by atoms with van der Waals surface area (Å²) in [6.45, 7) is 2.15. The van der Waals surface area contributed by atoms with Gasteiger partial charge in [0, 0.05) is 11.6 Å². The van der Waals surface area contributed by atoms with Gasteiger partial charge in [0.05, 0.1) is 12.2 Å². The van der Waals surface area contributed by atoms with Gasteiger partial charge in [0.1, 0.15) is 23.8 Å². The third-order valence-electron chi connectivity index (χ3n) is 3.81. The zero-order valence-electron chi connectivity index (χ0n) is 14.6. The topological polar surface area (TPSA) is 64.1 Å². The molecular formula is C20H17F2N3O2. The van der Waals surface area contributed by atoms with E-state index in [1.807, 2.05) is 31.2 Å². The van der Waals surface area contributed by atoms with Crippen molar-refractivity contribution in [3.63, 3.8) is 0 Å². The number of rotatable bonds is 6. The monoisotopic (exact) mass is 369 g/mol. The van der Waals surface area contributed by atoms with Gasteiger partial charge in [-0.05, 0) is 25.1 Å². The fourth-order valence-electron chi connectivity index (χ4n) is 2.40. The number of benzene rings is 2. The van der Waals surface area contributed by atoms with E-state index < -0.39 is 23.1 Å². The van der Waals surface area contributed by atoms with Crippen LogP contribution >= 0.6 is 0 Å². The molecule has 0 saturated heterocycles. The first-order valence-corrected chi connectivity index (χ1v) is 8.30. The minimum absolute atomic E-state index is 0.0635. The summed E-state index contributed by atoms with van der Waals surface area (Å²) in [5.41, 5.74) is 2.20. The van der Waals surface area contributed by atoms with Crippen molar-refractivity contribution in [1.29, 1.82) is 0 Å². The van der Waals surface area contributed by atoms with E-state index in [0.29, 0.717) is 5.69 Å². The van der Waals surface area contributed by atoms with Gasteiger partial charge in [-0.3, -0.25) is 4.79 Å². The number of nitrogens with zero attached hydrogens (tertiary/aromatic N) is 2. The van der Waals surface area contributed by atoms with E-state index in [2.05, 4.69) is 15.5 Å². The Morgan fingerprint density at radius 3 is 2.33 bits per heavy atom. The minimum Gasteiger partial charge on any atom is -0.475 e. The van der Waals surface area contributed by atoms with E-state index in [1.54, 1.807) is 12.1 Å². The molecule has 0 aliphatic rings. The van der Waals surface area contributed by atoms with Crippen molar-refractivity contribution in [2.45, 2.75) is 6.92 Å². The molecule has 0 aliphatic heterocycles. The van der Waals surface area contributed by atoms with Gasteiger partial charge in [-0.1, -0.05) is 35.9 Å². The van der Waals surface area contributed by atoms with E-state index >= 15 is 0 Å². The van der Waals surface area contributed by atoms with Gasteiger partial charge in [-0.25, -0.2) is 8.78 Å². The van der Waals surface area contributed by atoms with Crippen LogP contribution in [-0.2, 0) is 0 Å². The van der Waals surface area contributed by atoms with Crippen LogP contribution in [0.4, 0.5) is 8.78 Å². The molecular weight excluding hydrogens is 352 g/mol. The van der Waals surface area contributed by atoms with Gasteiger partial charge >= 0.3 is 0 Å². The predicted molar refractivity (Wildman–Crippen MR) is 96.4 cm³/mol. The molecule has 0 saturated carbocycles. The number of aryl methyl sites for hydroxylation is 1. The molecule has 0 spiro atoms. The first kappa shape index (κ1) is 18.4. The second-order valence-corrected chi connectivity index (χ2v) is 5.82. The van der Waals surface area contributed by atoms with Crippen LogP contribution in [0.3, 0.4) is 0 Å². The number of hydrogen-bond donors (Lipinski definition) is 1. The maximum atomic E-state index is 13.5. The Balaban J connectivity index is 1.51. The average Bonchev–Trinajstić information content (AvgIpc) is 2.66. The van der Waals surface area contributed by atoms with Crippen LogP contribution in [0.5, 0.6) is 5.88 Å². The molecule has 1 aromatic heterocycles. The van der Waals surface area contributed by atoms with Crippen LogP contribution in [0.1, 0.15) is 15.9 Å². The second-order valence-electron chi connectivity index (χ2n) is 5.82. The molecule has 0 fully saturated rings. The van der Waals surface area contributed by atoms with Gasteiger partial charge in [-0.2, -0.15) is 0 Å². The molecule has 0 unspecified atom stereocenters. The average molecular weight is 369 g/mol. The molecule has 0 atom stereocenters. The second kappa shape index (κ2) is 8.35. The number of hydrogen-bond acceptors (Lipinski definition) is 4. The highest BCUT2D eigenvalue weighted by atomic mass is 19.1. The third kappa shape index (κ3) is 4.63. The van der Waals surface area contributed by atoms with Crippen molar-refractivity contribution in [3.8, 4) is 17.1 Å². The number of ether oxygens (including phenoxy) is 1. The Morgan fingerprint density at radius 2 is 1.70 bits per heavy atom. The number of aromatic nitrogens is 2. The molecule has 3 rings (SSSR count). The molecule has 0 radical (unpaired) electrons. The molecule has 0 bridgehead atoms. The van der Waals surface area contributed by atoms with Crippen LogP contribution in [0.15, 0.2) is 54.6 Å². The summed E-state index contributed by atoms with van der Waals surface area (Å²) < 4.78 is 32.4. The van der Waals surface area contributed by atoms with Gasteiger partial charge in [-0.15, -0.1) is 10.2 Å². The highest BCUT2D eigenvalue weighted by molar-refractivity contribution is 5.94. The van der Waals surface area contributed by atoms with Crippen molar-refractivity contribution in [2.24, 2.45) is 0 Å². The number of halogens is 2. The lowest BCUT2D eigenvalue weighted by Crippen LogP contribution is -2.29. The zero-order chi connectivity index (χ0) is 19.2. The summed E-state index contributed by atoms with van der Waals surface area (Å²) in [6.07, 6.45) is 0. The van der Waals surface area contributed by atoms with Gasteiger partial charge in [0.25, 0.3) is 5.91 Å². The van der Waals surface area contributed by atoms with Gasteiger partial charge in [0.15, 0.2) is 0 Å². The molecule has 2 aromatic carbocycles. The van der Waals surface area contributed by atoms with E-state index in [4.69, 9.17) is 4.74 Å². The summed E-state index contributed by atoms with van der Waals surface area (Å²) in [7, 11) is 0. The quantitative estimate of drug-likeness (QED) is 0.675. The van der Waals surface area contributed by atoms with Crippen LogP contribution in [-0.4, -0.2) is 29.3 Å². The van der Waals surface area contributed by atoms with E-state index in [-0.39, 0.29) is 19.0 Å². The molecule has 1 amide bonds. The van der Waals surface area contributed by atoms with E-state index in [1.165, 1.54) is 6.07 Å². The maximum absolute atomic E-state index is 13.5. The predicted octanol–water partition coefficient (Wildman–Crippen LogP) is 3.54. The van der Waals surface area contributed by atoms with Gasteiger partial charge in [0.2, 0.25) is 5.88 Å². The molecule has 1 heterocycles. The van der Waals surface area contributed by atoms with Crippen LogP contribution in [0, 0.1) is 18.6 Å². The summed E-state index contributed by atoms with van der Waals surface area (Å²) >= 11 is 0. The fraction of sp³-hybridized carbons (Fsp3) is 0.150. The summed E-state index contributed by atoms with van der Waals surface area (Å²) in [6, 6.07) is 14.6. The normalized spacial score (nSPS) is 10.5. The Morgan fingerprint density at radius 1 is 1.00 bits per heavy atom. The van der Waals surface area contributed by atoms with E-state index in [0.717, 1.165) is 23.3 Å². The van der Waals surface area contributed by atoms with Crippen LogP contribution in [0.25, 0.3) is 11.3 Å². The lowest BCUT2D eigenvalue weighted by molar-refractivity contribution is 0.0938. The van der Waals surface area contributed by atoms with Crippen molar-refractivity contribution >= 4 is 5.91 Å². The lowest BCUT2D eigenvalue weighted by Gasteiger charge is -2.08. The van der Waals surface area contributed by atoms with Crippen molar-refractivity contribution < 1.29 is 18.3 Å². The minimum atomic E-state index is -0.911. The Labute approximate surface area is 155 Å². The highest BCUT2D eigenvalue weighted by Gasteiger charge is 2.16. The number of amides is 1. The fourth-order valence-corrected chi connectivity index (χ4v) is 2.40. The highest BCUT2D eigenvalue weighted by Crippen LogP contribution is 2.18. The number of carbonyl (C=O) groups excluding carboxylic acids is 1. The van der Waals surface area contributed by atoms with Crippen molar-refractivity contribution in [3.05, 3.63) is 77.4 Å². The molecule has 3 aromatic rings. The summed E-state index contributed by atoms with van der Waals surface area (Å²) in [5.74, 6) is -2.37. The first-order valence-electron chi connectivity index (χ1n) is 8.30. The Bertz CT molecular complexity index is 909. The molecule has 5 nitrogen and oxygen atoms in total. The summed E-state index contributed by atoms with van der Waals surface area (Å²) in [5, 5.41) is 10.5. The van der Waals surface area contributed by atoms with Crippen LogP contribution < -0.4 is 10.1 Å². The largest absolute Gasteiger partial charge is 0.475 e. The SMILES string of the molecule is Cc1ccc(-c2ccc(OCCNC(=O)c3c(F)cccc3F)nn2)cc1. The van der Waals surface area contributed by atoms with Crippen molar-refractivity contribution in [1.82, 2.24) is 15.5 Å². The molecule has 27 heavy (non-hydrogen) atoms. The lowest BCUT2D eigenvalue weighted by atomic mass is 10.1. The molecule has 138 valence electrons. The zero-order valence-corrected chi connectivity index (χ0v) is 14.6. The Kier molecular flexibility index (Phi) is 5.71. The van der Waals surface area contributed by atoms with Crippen molar-refractivity contribution in [2.75, 3.05) is 13.2 Å². The maximum Gasteiger partial charge on any atom is 0.257 e. The third-order valence-corrected chi connectivity index (χ3v) is 3.81. The molecule has 7 heteroatoms. The summed E-state index contributed by atoms with van der Waals surface area (Å²) in [4.78, 5) is 11.8. The standard InChI is InChI=1S/C20H17F2N3O2/c1-13-5-7-14(8-6-13)17-9-10-18(25-24-17)27-12-11-23-20(26)19-15(21)3-2-4-16(19)22/h2-10H,11-12H2,1H3,(H,23,26). The molecule has 0 aliphatic carbocycles. The molecule has 1 N–H and O–H groups in total. The van der Waals surface area contributed by atoms with Crippen LogP contribution in [0.2, 0.25) is 0 Å². The smallest absolute Gasteiger partial charge is 0.257 e. The first-order chi connectivity index (χ1) is 13.0. The van der Waals surface area contributed by atoms with Gasteiger partial charge < -0.3 is 10.1 Å². The number of carbonyl (C=O) groups is 1. The number of nitrogens with one attached hydrogen (secondary N) is 1. The van der Waals surface area contributed by atoms with E-state index in [9.17, 15) is 13.6 Å².